The van der Waals surface area contributed by atoms with Crippen molar-refractivity contribution in [2.24, 2.45) is 7.05 Å². The first-order valence-corrected chi connectivity index (χ1v) is 7.11. The van der Waals surface area contributed by atoms with Gasteiger partial charge in [-0.2, -0.15) is 4.98 Å². The highest BCUT2D eigenvalue weighted by Crippen LogP contribution is 2.35. The van der Waals surface area contributed by atoms with Gasteiger partial charge < -0.3 is 18.6 Å². The third-order valence-corrected chi connectivity index (χ3v) is 3.64. The van der Waals surface area contributed by atoms with E-state index in [0.29, 0.717) is 29.6 Å². The van der Waals surface area contributed by atoms with Crippen molar-refractivity contribution in [3.63, 3.8) is 0 Å². The maximum atomic E-state index is 11.7. The monoisotopic (exact) mass is 311 g/mol. The quantitative estimate of drug-likeness (QED) is 0.719. The maximum absolute atomic E-state index is 11.7. The van der Waals surface area contributed by atoms with E-state index in [1.54, 1.807) is 19.2 Å². The average Bonchev–Trinajstić information content (AvgIpc) is 3.07. The van der Waals surface area contributed by atoms with E-state index in [1.165, 1.54) is 10.6 Å². The Morgan fingerprint density at radius 1 is 1.13 bits per heavy atom. The Morgan fingerprint density at radius 2 is 1.96 bits per heavy atom. The number of rotatable bonds is 2. The molecule has 4 rings (SSSR count). The molecule has 0 amide bonds. The molecule has 0 N–H and O–H groups in total. The van der Waals surface area contributed by atoms with Crippen molar-refractivity contribution >= 4 is 0 Å². The van der Waals surface area contributed by atoms with E-state index in [9.17, 15) is 4.79 Å². The van der Waals surface area contributed by atoms with E-state index in [-0.39, 0.29) is 11.4 Å². The van der Waals surface area contributed by atoms with Crippen molar-refractivity contribution in [3.05, 3.63) is 58.6 Å². The van der Waals surface area contributed by atoms with Crippen LogP contribution in [0.5, 0.6) is 11.5 Å². The second-order valence-corrected chi connectivity index (χ2v) is 5.13. The minimum absolute atomic E-state index is 0.145. The largest absolute Gasteiger partial charge is 0.485 e. The van der Waals surface area contributed by atoms with Gasteiger partial charge in [0.15, 0.2) is 17.6 Å². The molecule has 0 saturated carbocycles. The number of para-hydroxylation sites is 2. The number of benzene rings is 1. The van der Waals surface area contributed by atoms with Crippen LogP contribution in [-0.4, -0.2) is 21.3 Å². The summed E-state index contributed by atoms with van der Waals surface area (Å²) in [5.41, 5.74) is 0.404. The van der Waals surface area contributed by atoms with E-state index in [2.05, 4.69) is 10.1 Å². The van der Waals surface area contributed by atoms with Crippen molar-refractivity contribution in [2.45, 2.75) is 6.10 Å². The molecule has 0 fully saturated rings. The van der Waals surface area contributed by atoms with Crippen LogP contribution in [0.15, 0.2) is 51.8 Å². The van der Waals surface area contributed by atoms with Crippen LogP contribution < -0.4 is 15.0 Å². The molecule has 1 aliphatic heterocycles. The fourth-order valence-electron chi connectivity index (χ4n) is 2.40. The van der Waals surface area contributed by atoms with E-state index in [4.69, 9.17) is 14.0 Å². The molecule has 116 valence electrons. The first-order valence-electron chi connectivity index (χ1n) is 7.11. The topological polar surface area (TPSA) is 79.4 Å². The van der Waals surface area contributed by atoms with Gasteiger partial charge in [-0.05, 0) is 18.2 Å². The molecular weight excluding hydrogens is 298 g/mol. The lowest BCUT2D eigenvalue weighted by atomic mass is 10.2. The molecule has 0 bridgehead atoms. The van der Waals surface area contributed by atoms with Crippen LogP contribution >= 0.6 is 0 Å². The Hall–Kier alpha value is -3.09. The number of aromatic nitrogens is 3. The summed E-state index contributed by atoms with van der Waals surface area (Å²) in [5.74, 6) is 1.98. The normalized spacial score (nSPS) is 16.3. The van der Waals surface area contributed by atoms with Crippen molar-refractivity contribution in [3.8, 4) is 23.1 Å². The highest BCUT2D eigenvalue weighted by Gasteiger charge is 2.27. The van der Waals surface area contributed by atoms with E-state index < -0.39 is 6.10 Å². The third-order valence-electron chi connectivity index (χ3n) is 3.64. The van der Waals surface area contributed by atoms with Crippen LogP contribution in [-0.2, 0) is 7.05 Å². The lowest BCUT2D eigenvalue weighted by Crippen LogP contribution is -2.22. The Bertz CT molecular complexity index is 915. The molecule has 3 aromatic rings. The smallest absolute Gasteiger partial charge is 0.274 e. The molecule has 2 aromatic heterocycles. The lowest BCUT2D eigenvalue weighted by molar-refractivity contribution is 0.0832. The second kappa shape index (κ2) is 5.28. The van der Waals surface area contributed by atoms with Crippen LogP contribution in [0.4, 0.5) is 0 Å². The Kier molecular flexibility index (Phi) is 3.11. The molecule has 1 atom stereocenters. The highest BCUT2D eigenvalue weighted by molar-refractivity contribution is 5.47. The number of hydrogen-bond acceptors (Lipinski definition) is 6. The Morgan fingerprint density at radius 3 is 2.83 bits per heavy atom. The van der Waals surface area contributed by atoms with Crippen LogP contribution in [0.3, 0.4) is 0 Å². The third kappa shape index (κ3) is 2.36. The Labute approximate surface area is 131 Å². The summed E-state index contributed by atoms with van der Waals surface area (Å²) < 4.78 is 18.2. The van der Waals surface area contributed by atoms with Crippen molar-refractivity contribution in [1.29, 1.82) is 0 Å². The van der Waals surface area contributed by atoms with Crippen LogP contribution in [0.2, 0.25) is 0 Å². The standard InChI is InChI=1S/C16H13N3O4/c1-19-10(5-4-8-14(19)20)16-17-15(18-23-16)13-9-21-11-6-2-3-7-12(11)22-13/h2-8,13H,9H2,1H3. The zero-order chi connectivity index (χ0) is 15.8. The van der Waals surface area contributed by atoms with Gasteiger partial charge in [0.25, 0.3) is 11.4 Å². The van der Waals surface area contributed by atoms with Gasteiger partial charge in [0.1, 0.15) is 12.3 Å². The van der Waals surface area contributed by atoms with Gasteiger partial charge in [0.2, 0.25) is 5.82 Å². The average molecular weight is 311 g/mol. The number of ether oxygens (including phenoxy) is 2. The fourth-order valence-corrected chi connectivity index (χ4v) is 2.40. The van der Waals surface area contributed by atoms with Gasteiger partial charge in [-0.3, -0.25) is 4.79 Å². The first-order chi connectivity index (χ1) is 11.2. The maximum Gasteiger partial charge on any atom is 0.274 e. The summed E-state index contributed by atoms with van der Waals surface area (Å²) in [7, 11) is 1.65. The molecule has 1 aliphatic rings. The van der Waals surface area contributed by atoms with Gasteiger partial charge >= 0.3 is 0 Å². The number of pyridine rings is 1. The summed E-state index contributed by atoms with van der Waals surface area (Å²) in [4.78, 5) is 16.0. The van der Waals surface area contributed by atoms with Gasteiger partial charge in [-0.25, -0.2) is 0 Å². The molecule has 3 heterocycles. The predicted molar refractivity (Wildman–Crippen MR) is 80.3 cm³/mol. The van der Waals surface area contributed by atoms with Gasteiger partial charge in [-0.1, -0.05) is 23.4 Å². The zero-order valence-electron chi connectivity index (χ0n) is 12.3. The van der Waals surface area contributed by atoms with Crippen LogP contribution in [0.1, 0.15) is 11.9 Å². The van der Waals surface area contributed by atoms with E-state index in [0.717, 1.165) is 0 Å². The summed E-state index contributed by atoms with van der Waals surface area (Å²) in [6, 6.07) is 12.3. The summed E-state index contributed by atoms with van der Waals surface area (Å²) >= 11 is 0. The van der Waals surface area contributed by atoms with E-state index in [1.807, 2.05) is 24.3 Å². The van der Waals surface area contributed by atoms with Gasteiger partial charge in [0, 0.05) is 13.1 Å². The number of fused-ring (bicyclic) bond motifs is 1. The molecular formula is C16H13N3O4. The second-order valence-electron chi connectivity index (χ2n) is 5.13. The molecule has 1 unspecified atom stereocenters. The summed E-state index contributed by atoms with van der Waals surface area (Å²) in [6.45, 7) is 0.295. The lowest BCUT2D eigenvalue weighted by Gasteiger charge is -2.24. The molecule has 0 spiro atoms. The molecule has 7 nitrogen and oxygen atoms in total. The molecule has 0 saturated heterocycles. The minimum atomic E-state index is -0.455. The van der Waals surface area contributed by atoms with Crippen LogP contribution in [0.25, 0.3) is 11.6 Å². The number of nitrogens with zero attached hydrogens (tertiary/aromatic N) is 3. The van der Waals surface area contributed by atoms with Gasteiger partial charge in [-0.15, -0.1) is 0 Å². The molecule has 1 aromatic carbocycles. The molecule has 7 heteroatoms. The highest BCUT2D eigenvalue weighted by atomic mass is 16.6. The zero-order valence-corrected chi connectivity index (χ0v) is 12.3. The predicted octanol–water partition coefficient (Wildman–Crippen LogP) is 1.95. The SMILES string of the molecule is Cn1c(-c2nc(C3COc4ccccc4O3)no2)cccc1=O. The van der Waals surface area contributed by atoms with Crippen molar-refractivity contribution in [2.75, 3.05) is 6.61 Å². The minimum Gasteiger partial charge on any atom is -0.485 e. The molecule has 0 aliphatic carbocycles. The van der Waals surface area contributed by atoms with Crippen molar-refractivity contribution in [1.82, 2.24) is 14.7 Å². The van der Waals surface area contributed by atoms with Crippen molar-refractivity contribution < 1.29 is 14.0 Å². The fraction of sp³-hybridized carbons (Fsp3) is 0.188. The Balaban J connectivity index is 1.64. The van der Waals surface area contributed by atoms with Crippen LogP contribution in [0, 0.1) is 0 Å². The summed E-state index contributed by atoms with van der Waals surface area (Å²) in [6.07, 6.45) is -0.455. The molecule has 23 heavy (non-hydrogen) atoms. The first kappa shape index (κ1) is 13.6. The van der Waals surface area contributed by atoms with Gasteiger partial charge in [0.05, 0.1) is 0 Å². The number of hydrogen-bond donors (Lipinski definition) is 0. The molecule has 0 radical (unpaired) electrons. The summed E-state index contributed by atoms with van der Waals surface area (Å²) in [5, 5.41) is 3.95. The van der Waals surface area contributed by atoms with E-state index >= 15 is 0 Å².